The van der Waals surface area contributed by atoms with Crippen LogP contribution in [0, 0.1) is 5.41 Å². The van der Waals surface area contributed by atoms with Crippen molar-refractivity contribution in [3.8, 4) is 0 Å². The number of aromatic carboxylic acids is 1. The smallest absolute Gasteiger partial charge is 0.336 e. The van der Waals surface area contributed by atoms with E-state index in [1.54, 1.807) is 6.07 Å². The first-order valence-corrected chi connectivity index (χ1v) is 7.64. The van der Waals surface area contributed by atoms with Gasteiger partial charge in [-0.2, -0.15) is 0 Å². The van der Waals surface area contributed by atoms with Crippen molar-refractivity contribution >= 4 is 22.4 Å². The molecule has 3 nitrogen and oxygen atoms in total. The van der Waals surface area contributed by atoms with Gasteiger partial charge < -0.3 is 10.4 Å². The molecule has 1 aliphatic carbocycles. The summed E-state index contributed by atoms with van der Waals surface area (Å²) >= 11 is 0. The molecule has 110 valence electrons. The number of carboxylic acid groups (broad SMARTS) is 1. The van der Waals surface area contributed by atoms with Gasteiger partial charge in [-0.25, -0.2) is 4.79 Å². The van der Waals surface area contributed by atoms with Gasteiger partial charge in [-0.15, -0.1) is 0 Å². The average molecular weight is 283 g/mol. The van der Waals surface area contributed by atoms with E-state index in [1.165, 1.54) is 25.7 Å². The van der Waals surface area contributed by atoms with Gasteiger partial charge in [-0.05, 0) is 42.2 Å². The Morgan fingerprint density at radius 2 is 1.90 bits per heavy atom. The number of benzene rings is 2. The summed E-state index contributed by atoms with van der Waals surface area (Å²) in [4.78, 5) is 11.3. The maximum absolute atomic E-state index is 11.3. The summed E-state index contributed by atoms with van der Waals surface area (Å²) < 4.78 is 0. The van der Waals surface area contributed by atoms with E-state index in [-0.39, 0.29) is 0 Å². The molecular weight excluding hydrogens is 262 g/mol. The standard InChI is InChI=1S/C18H21NO2/c1-2-18(10-5-11-18)12-19-16-9-8-15(17(20)21)13-6-3-4-7-14(13)16/h3-4,6-9,19H,2,5,10-12H2,1H3,(H,20,21). The molecule has 3 rings (SSSR count). The van der Waals surface area contributed by atoms with Crippen LogP contribution in [0.5, 0.6) is 0 Å². The SMILES string of the molecule is CCC1(CNc2ccc(C(=O)O)c3ccccc23)CCC1. The lowest BCUT2D eigenvalue weighted by atomic mass is 9.67. The highest BCUT2D eigenvalue weighted by Crippen LogP contribution is 2.44. The minimum absolute atomic E-state index is 0.366. The van der Waals surface area contributed by atoms with Crippen LogP contribution in [0.15, 0.2) is 36.4 Å². The second-order valence-electron chi connectivity index (χ2n) is 6.07. The molecule has 0 atom stereocenters. The van der Waals surface area contributed by atoms with Crippen molar-refractivity contribution in [3.05, 3.63) is 42.0 Å². The van der Waals surface area contributed by atoms with Crippen molar-refractivity contribution in [1.82, 2.24) is 0 Å². The van der Waals surface area contributed by atoms with Gasteiger partial charge in [0.25, 0.3) is 0 Å². The molecule has 0 radical (unpaired) electrons. The van der Waals surface area contributed by atoms with Crippen LogP contribution >= 0.6 is 0 Å². The molecule has 2 N–H and O–H groups in total. The fraction of sp³-hybridized carbons (Fsp3) is 0.389. The lowest BCUT2D eigenvalue weighted by Crippen LogP contribution is -2.35. The zero-order valence-corrected chi connectivity index (χ0v) is 12.4. The molecule has 0 heterocycles. The Bertz CT molecular complexity index is 668. The Morgan fingerprint density at radius 3 is 2.48 bits per heavy atom. The minimum atomic E-state index is -0.873. The van der Waals surface area contributed by atoms with Crippen LogP contribution in [-0.2, 0) is 0 Å². The van der Waals surface area contributed by atoms with Gasteiger partial charge in [0, 0.05) is 17.6 Å². The van der Waals surface area contributed by atoms with E-state index in [1.807, 2.05) is 30.3 Å². The van der Waals surface area contributed by atoms with Gasteiger partial charge in [-0.3, -0.25) is 0 Å². The Kier molecular flexibility index (Phi) is 3.58. The van der Waals surface area contributed by atoms with Gasteiger partial charge in [0.15, 0.2) is 0 Å². The van der Waals surface area contributed by atoms with Crippen LogP contribution in [0.3, 0.4) is 0 Å². The third-order valence-corrected chi connectivity index (χ3v) is 4.97. The summed E-state index contributed by atoms with van der Waals surface area (Å²) in [7, 11) is 0. The van der Waals surface area contributed by atoms with Crippen LogP contribution in [-0.4, -0.2) is 17.6 Å². The number of hydrogen-bond acceptors (Lipinski definition) is 2. The third kappa shape index (κ3) is 2.48. The van der Waals surface area contributed by atoms with E-state index in [4.69, 9.17) is 0 Å². The van der Waals surface area contributed by atoms with Crippen LogP contribution in [0.1, 0.15) is 43.0 Å². The van der Waals surface area contributed by atoms with Crippen LogP contribution in [0.4, 0.5) is 5.69 Å². The van der Waals surface area contributed by atoms with Crippen molar-refractivity contribution in [3.63, 3.8) is 0 Å². The summed E-state index contributed by atoms with van der Waals surface area (Å²) in [6.45, 7) is 3.23. The minimum Gasteiger partial charge on any atom is -0.478 e. The molecule has 0 spiro atoms. The fourth-order valence-corrected chi connectivity index (χ4v) is 3.25. The molecule has 21 heavy (non-hydrogen) atoms. The van der Waals surface area contributed by atoms with E-state index in [0.717, 1.165) is 23.0 Å². The fourth-order valence-electron chi connectivity index (χ4n) is 3.25. The van der Waals surface area contributed by atoms with Gasteiger partial charge in [0.2, 0.25) is 0 Å². The average Bonchev–Trinajstić information content (AvgIpc) is 2.46. The number of fused-ring (bicyclic) bond motifs is 1. The molecule has 2 aromatic rings. The highest BCUT2D eigenvalue weighted by Gasteiger charge is 2.34. The van der Waals surface area contributed by atoms with Crippen molar-refractivity contribution < 1.29 is 9.90 Å². The summed E-state index contributed by atoms with van der Waals surface area (Å²) in [5.74, 6) is -0.873. The second kappa shape index (κ2) is 5.40. The third-order valence-electron chi connectivity index (χ3n) is 4.97. The summed E-state index contributed by atoms with van der Waals surface area (Å²) in [6.07, 6.45) is 5.11. The Balaban J connectivity index is 1.93. The molecule has 0 amide bonds. The van der Waals surface area contributed by atoms with Gasteiger partial charge in [0.05, 0.1) is 5.56 Å². The van der Waals surface area contributed by atoms with Crippen molar-refractivity contribution in [2.45, 2.75) is 32.6 Å². The topological polar surface area (TPSA) is 49.3 Å². The van der Waals surface area contributed by atoms with Gasteiger partial charge in [-0.1, -0.05) is 37.6 Å². The van der Waals surface area contributed by atoms with E-state index in [2.05, 4.69) is 12.2 Å². The van der Waals surface area contributed by atoms with Gasteiger partial charge in [0.1, 0.15) is 0 Å². The molecule has 2 aromatic carbocycles. The number of carboxylic acids is 1. The maximum atomic E-state index is 11.3. The quantitative estimate of drug-likeness (QED) is 0.847. The molecule has 0 bridgehead atoms. The second-order valence-corrected chi connectivity index (χ2v) is 6.07. The zero-order valence-electron chi connectivity index (χ0n) is 12.4. The number of nitrogens with one attached hydrogen (secondary N) is 1. The molecule has 0 aliphatic heterocycles. The molecule has 0 saturated heterocycles. The number of rotatable bonds is 5. The number of carbonyl (C=O) groups is 1. The molecule has 0 aromatic heterocycles. The van der Waals surface area contributed by atoms with Crippen molar-refractivity contribution in [1.29, 1.82) is 0 Å². The normalized spacial score (nSPS) is 16.4. The Morgan fingerprint density at radius 1 is 1.19 bits per heavy atom. The maximum Gasteiger partial charge on any atom is 0.336 e. The van der Waals surface area contributed by atoms with Crippen molar-refractivity contribution in [2.24, 2.45) is 5.41 Å². The Hall–Kier alpha value is -2.03. The Labute approximate surface area is 125 Å². The van der Waals surface area contributed by atoms with E-state index in [9.17, 15) is 9.90 Å². The highest BCUT2D eigenvalue weighted by molar-refractivity contribution is 6.07. The zero-order chi connectivity index (χ0) is 14.9. The molecule has 3 heteroatoms. The summed E-state index contributed by atoms with van der Waals surface area (Å²) in [5.41, 5.74) is 1.84. The predicted octanol–water partition coefficient (Wildman–Crippen LogP) is 4.53. The highest BCUT2D eigenvalue weighted by atomic mass is 16.4. The monoisotopic (exact) mass is 283 g/mol. The largest absolute Gasteiger partial charge is 0.478 e. The molecule has 1 aliphatic rings. The first-order valence-electron chi connectivity index (χ1n) is 7.64. The molecule has 0 unspecified atom stereocenters. The first-order chi connectivity index (χ1) is 10.2. The molecule has 1 saturated carbocycles. The lowest BCUT2D eigenvalue weighted by Gasteiger charge is -2.41. The van der Waals surface area contributed by atoms with E-state index < -0.39 is 5.97 Å². The summed E-state index contributed by atoms with van der Waals surface area (Å²) in [6, 6.07) is 11.3. The van der Waals surface area contributed by atoms with E-state index in [0.29, 0.717) is 11.0 Å². The predicted molar refractivity (Wildman–Crippen MR) is 86.0 cm³/mol. The lowest BCUT2D eigenvalue weighted by molar-refractivity contribution is 0.0699. The van der Waals surface area contributed by atoms with Crippen molar-refractivity contribution in [2.75, 3.05) is 11.9 Å². The summed E-state index contributed by atoms with van der Waals surface area (Å²) in [5, 5.41) is 14.6. The number of hydrogen-bond donors (Lipinski definition) is 2. The first kappa shape index (κ1) is 13.9. The number of anilines is 1. The molecule has 1 fully saturated rings. The molecular formula is C18H21NO2. The van der Waals surface area contributed by atoms with Crippen LogP contribution in [0.25, 0.3) is 10.8 Å². The van der Waals surface area contributed by atoms with E-state index >= 15 is 0 Å². The van der Waals surface area contributed by atoms with Crippen LogP contribution < -0.4 is 5.32 Å². The van der Waals surface area contributed by atoms with Gasteiger partial charge >= 0.3 is 5.97 Å². The van der Waals surface area contributed by atoms with Crippen LogP contribution in [0.2, 0.25) is 0 Å².